The highest BCUT2D eigenvalue weighted by atomic mass is 35.5. The first kappa shape index (κ1) is 23.6. The molecule has 1 aliphatic rings. The average Bonchev–Trinajstić information content (AvgIpc) is 2.66. The number of benzene rings is 2. The van der Waals surface area contributed by atoms with Crippen LogP contribution in [0.15, 0.2) is 36.4 Å². The molecule has 1 aliphatic heterocycles. The Morgan fingerprint density at radius 2 is 1.94 bits per heavy atom. The maximum absolute atomic E-state index is 14.1. The minimum atomic E-state index is -1.12. The molecule has 172 valence electrons. The van der Waals surface area contributed by atoms with Gasteiger partial charge in [-0.15, -0.1) is 0 Å². The lowest BCUT2D eigenvalue weighted by Gasteiger charge is -2.40. The van der Waals surface area contributed by atoms with Gasteiger partial charge in [-0.3, -0.25) is 0 Å². The van der Waals surface area contributed by atoms with Crippen molar-refractivity contribution in [2.45, 2.75) is 19.9 Å². The third-order valence-corrected chi connectivity index (χ3v) is 4.93. The Hall–Kier alpha value is -3.04. The molecular formula is C22H25ClFN3O5. The van der Waals surface area contributed by atoms with E-state index in [1.807, 2.05) is 0 Å². The summed E-state index contributed by atoms with van der Waals surface area (Å²) in [7, 11) is 0. The zero-order valence-electron chi connectivity index (χ0n) is 17.7. The summed E-state index contributed by atoms with van der Waals surface area (Å²) in [6, 6.07) is 8.35. The van der Waals surface area contributed by atoms with Crippen molar-refractivity contribution in [3.05, 3.63) is 47.2 Å². The van der Waals surface area contributed by atoms with E-state index in [4.69, 9.17) is 26.2 Å². The first-order chi connectivity index (χ1) is 15.2. The second-order valence-electron chi connectivity index (χ2n) is 7.80. The number of nitrogens with zero attached hydrogens (tertiary/aromatic N) is 1. The van der Waals surface area contributed by atoms with E-state index in [-0.39, 0.29) is 22.5 Å². The Balaban J connectivity index is 1.87. The van der Waals surface area contributed by atoms with Gasteiger partial charge in [0.05, 0.1) is 36.3 Å². The van der Waals surface area contributed by atoms with Crippen LogP contribution in [0, 0.1) is 11.7 Å². The highest BCUT2D eigenvalue weighted by Crippen LogP contribution is 2.34. The highest BCUT2D eigenvalue weighted by molar-refractivity contribution is 6.30. The number of carboxylic acid groups (broad SMARTS) is 1. The van der Waals surface area contributed by atoms with Crippen LogP contribution >= 0.6 is 11.6 Å². The molecule has 10 heteroatoms. The van der Waals surface area contributed by atoms with E-state index in [1.165, 1.54) is 12.1 Å². The fraction of sp³-hybridized carbons (Fsp3) is 0.364. The van der Waals surface area contributed by atoms with Crippen molar-refractivity contribution in [1.82, 2.24) is 0 Å². The molecule has 8 nitrogen and oxygen atoms in total. The van der Waals surface area contributed by atoms with Crippen LogP contribution in [0.5, 0.6) is 5.75 Å². The summed E-state index contributed by atoms with van der Waals surface area (Å²) < 4.78 is 24.7. The molecule has 0 radical (unpaired) electrons. The van der Waals surface area contributed by atoms with Gasteiger partial charge in [-0.25, -0.2) is 14.0 Å². The molecule has 1 saturated heterocycles. The van der Waals surface area contributed by atoms with Gasteiger partial charge < -0.3 is 30.1 Å². The van der Waals surface area contributed by atoms with Crippen molar-refractivity contribution < 1.29 is 28.6 Å². The van der Waals surface area contributed by atoms with Crippen molar-refractivity contribution in [2.75, 3.05) is 41.9 Å². The third-order valence-electron chi connectivity index (χ3n) is 4.69. The molecule has 0 atom stereocenters. The Morgan fingerprint density at radius 1 is 1.22 bits per heavy atom. The van der Waals surface area contributed by atoms with Crippen LogP contribution < -0.4 is 20.3 Å². The number of amides is 2. The van der Waals surface area contributed by atoms with Crippen LogP contribution in [0.2, 0.25) is 5.02 Å². The molecule has 0 unspecified atom stereocenters. The second kappa shape index (κ2) is 10.5. The first-order valence-electron chi connectivity index (χ1n) is 10.1. The number of nitrogens with one attached hydrogen (secondary N) is 2. The summed E-state index contributed by atoms with van der Waals surface area (Å²) >= 11 is 5.76. The standard InChI is InChI=1S/C22H25ClFN3O5/c1-13(2)9-27(15-10-31-11-15)20-6-4-16(32-12-21(28)29)8-19(20)26-22(30)25-18-5-3-14(23)7-17(18)24/h3-8,13,15H,9-12H2,1-2H3,(H,28,29)(H2,25,26,30). The Morgan fingerprint density at radius 3 is 2.53 bits per heavy atom. The third kappa shape index (κ3) is 6.24. The van der Waals surface area contributed by atoms with Gasteiger partial charge in [0.2, 0.25) is 0 Å². The molecule has 0 aliphatic carbocycles. The Labute approximate surface area is 190 Å². The second-order valence-corrected chi connectivity index (χ2v) is 8.24. The summed E-state index contributed by atoms with van der Waals surface area (Å²) in [5.74, 6) is -1.17. The molecule has 0 aromatic heterocycles. The van der Waals surface area contributed by atoms with E-state index in [1.54, 1.807) is 18.2 Å². The number of hydrogen-bond donors (Lipinski definition) is 3. The summed E-state index contributed by atoms with van der Waals surface area (Å²) in [5, 5.41) is 14.3. The van der Waals surface area contributed by atoms with Crippen LogP contribution in [-0.2, 0) is 9.53 Å². The van der Waals surface area contributed by atoms with Crippen LogP contribution in [0.25, 0.3) is 0 Å². The van der Waals surface area contributed by atoms with Gasteiger partial charge in [0.25, 0.3) is 0 Å². The zero-order chi connectivity index (χ0) is 23.3. The number of anilines is 3. The molecule has 3 N–H and O–H groups in total. The van der Waals surface area contributed by atoms with E-state index in [0.717, 1.165) is 11.8 Å². The maximum atomic E-state index is 14.1. The van der Waals surface area contributed by atoms with E-state index < -0.39 is 24.4 Å². The first-order valence-corrected chi connectivity index (χ1v) is 10.5. The number of ether oxygens (including phenoxy) is 2. The molecule has 2 aromatic rings. The van der Waals surface area contributed by atoms with Gasteiger partial charge in [-0.05, 0) is 36.2 Å². The van der Waals surface area contributed by atoms with E-state index in [9.17, 15) is 14.0 Å². The summed E-state index contributed by atoms with van der Waals surface area (Å²) in [4.78, 5) is 25.6. The topological polar surface area (TPSA) is 100 Å². The fourth-order valence-corrected chi connectivity index (χ4v) is 3.37. The largest absolute Gasteiger partial charge is 0.482 e. The quantitative estimate of drug-likeness (QED) is 0.506. The number of urea groups is 1. The number of halogens is 2. The molecule has 0 bridgehead atoms. The molecule has 0 spiro atoms. The van der Waals surface area contributed by atoms with Gasteiger partial charge in [0.15, 0.2) is 6.61 Å². The van der Waals surface area contributed by atoms with Crippen molar-refractivity contribution in [1.29, 1.82) is 0 Å². The average molecular weight is 466 g/mol. The minimum Gasteiger partial charge on any atom is -0.482 e. The Kier molecular flexibility index (Phi) is 7.76. The lowest BCUT2D eigenvalue weighted by molar-refractivity contribution is -0.139. The van der Waals surface area contributed by atoms with Crippen molar-refractivity contribution >= 4 is 40.7 Å². The van der Waals surface area contributed by atoms with E-state index in [2.05, 4.69) is 29.4 Å². The minimum absolute atomic E-state index is 0.0295. The van der Waals surface area contributed by atoms with Gasteiger partial charge in [0, 0.05) is 17.6 Å². The molecule has 1 heterocycles. The van der Waals surface area contributed by atoms with Crippen molar-refractivity contribution in [3.8, 4) is 5.75 Å². The summed E-state index contributed by atoms with van der Waals surface area (Å²) in [5.41, 5.74) is 1.09. The smallest absolute Gasteiger partial charge is 0.341 e. The van der Waals surface area contributed by atoms with Gasteiger partial charge in [-0.1, -0.05) is 25.4 Å². The summed E-state index contributed by atoms with van der Waals surface area (Å²) in [6.07, 6.45) is 0. The highest BCUT2D eigenvalue weighted by Gasteiger charge is 2.29. The molecule has 0 saturated carbocycles. The fourth-order valence-electron chi connectivity index (χ4n) is 3.21. The van der Waals surface area contributed by atoms with Crippen LogP contribution in [0.4, 0.5) is 26.2 Å². The lowest BCUT2D eigenvalue weighted by atomic mass is 10.1. The van der Waals surface area contributed by atoms with Crippen LogP contribution in [0.3, 0.4) is 0 Å². The number of hydrogen-bond acceptors (Lipinski definition) is 5. The van der Waals surface area contributed by atoms with E-state index in [0.29, 0.717) is 31.4 Å². The molecule has 2 amide bonds. The zero-order valence-corrected chi connectivity index (χ0v) is 18.5. The van der Waals surface area contributed by atoms with Gasteiger partial charge in [0.1, 0.15) is 11.6 Å². The van der Waals surface area contributed by atoms with Crippen LogP contribution in [0.1, 0.15) is 13.8 Å². The number of carbonyl (C=O) groups excluding carboxylic acids is 1. The van der Waals surface area contributed by atoms with E-state index >= 15 is 0 Å². The molecule has 2 aromatic carbocycles. The lowest BCUT2D eigenvalue weighted by Crippen LogP contribution is -2.50. The number of aliphatic carboxylic acids is 1. The van der Waals surface area contributed by atoms with Crippen molar-refractivity contribution in [3.63, 3.8) is 0 Å². The normalized spacial score (nSPS) is 13.4. The Bertz CT molecular complexity index is 984. The molecule has 32 heavy (non-hydrogen) atoms. The predicted octanol–water partition coefficient (Wildman–Crippen LogP) is 4.45. The monoisotopic (exact) mass is 465 g/mol. The SMILES string of the molecule is CC(C)CN(c1ccc(OCC(=O)O)cc1NC(=O)Nc1ccc(Cl)cc1F)C1COC1. The molecule has 1 fully saturated rings. The molecule has 3 rings (SSSR count). The number of carboxylic acids is 1. The molecular weight excluding hydrogens is 441 g/mol. The number of rotatable bonds is 9. The van der Waals surface area contributed by atoms with Crippen LogP contribution in [-0.4, -0.2) is 49.5 Å². The number of carbonyl (C=O) groups is 2. The summed E-state index contributed by atoms with van der Waals surface area (Å²) in [6.45, 7) is 5.48. The van der Waals surface area contributed by atoms with Gasteiger partial charge >= 0.3 is 12.0 Å². The maximum Gasteiger partial charge on any atom is 0.341 e. The van der Waals surface area contributed by atoms with Gasteiger partial charge in [-0.2, -0.15) is 0 Å². The predicted molar refractivity (Wildman–Crippen MR) is 120 cm³/mol. The van der Waals surface area contributed by atoms with Crippen molar-refractivity contribution in [2.24, 2.45) is 5.92 Å².